The highest BCUT2D eigenvalue weighted by Gasteiger charge is 2.38. The molecular weight excluding hydrogens is 434 g/mol. The summed E-state index contributed by atoms with van der Waals surface area (Å²) in [6.45, 7) is 1.93. The van der Waals surface area contributed by atoms with Crippen LogP contribution in [0.25, 0.3) is 10.4 Å². The Labute approximate surface area is 165 Å². The number of thiophene rings is 1. The van der Waals surface area contributed by atoms with Gasteiger partial charge in [0.1, 0.15) is 5.75 Å². The average Bonchev–Trinajstić information content (AvgIpc) is 3.03. The summed E-state index contributed by atoms with van der Waals surface area (Å²) in [4.78, 5) is 1.21. The van der Waals surface area contributed by atoms with Crippen molar-refractivity contribution in [1.29, 1.82) is 0 Å². The monoisotopic (exact) mass is 449 g/mol. The minimum absolute atomic E-state index is 0.248. The van der Waals surface area contributed by atoms with Gasteiger partial charge in [-0.15, -0.1) is 11.3 Å². The van der Waals surface area contributed by atoms with Gasteiger partial charge in [0.05, 0.1) is 32.4 Å². The summed E-state index contributed by atoms with van der Waals surface area (Å²) in [5, 5.41) is 0. The number of fused-ring (bicyclic) bond motifs is 3. The summed E-state index contributed by atoms with van der Waals surface area (Å²) in [6.07, 6.45) is 0. The first kappa shape index (κ1) is 17.6. The van der Waals surface area contributed by atoms with Crippen LogP contribution >= 0.6 is 27.3 Å². The third-order valence-corrected chi connectivity index (χ3v) is 8.10. The molecule has 0 aliphatic carbocycles. The van der Waals surface area contributed by atoms with Gasteiger partial charge in [0.2, 0.25) is 0 Å². The van der Waals surface area contributed by atoms with Gasteiger partial charge in [-0.05, 0) is 64.3 Å². The Bertz CT molecular complexity index is 1070. The number of sulfonamides is 1. The minimum atomic E-state index is -3.72. The second-order valence-electron chi connectivity index (χ2n) is 6.00. The van der Waals surface area contributed by atoms with E-state index < -0.39 is 10.0 Å². The molecule has 4 rings (SSSR count). The van der Waals surface area contributed by atoms with Crippen LogP contribution in [0.15, 0.2) is 63.3 Å². The first-order chi connectivity index (χ1) is 12.4. The van der Waals surface area contributed by atoms with Crippen molar-refractivity contribution in [2.75, 3.05) is 11.4 Å². The fraction of sp³-hybridized carbons (Fsp3) is 0.158. The molecule has 4 nitrogen and oxygen atoms in total. The van der Waals surface area contributed by atoms with Gasteiger partial charge in [0.15, 0.2) is 0 Å². The van der Waals surface area contributed by atoms with E-state index in [1.807, 2.05) is 37.3 Å². The van der Waals surface area contributed by atoms with Crippen LogP contribution < -0.4 is 9.04 Å². The fourth-order valence-corrected chi connectivity index (χ4v) is 6.63. The van der Waals surface area contributed by atoms with Crippen molar-refractivity contribution < 1.29 is 13.2 Å². The Hall–Kier alpha value is -1.83. The molecule has 1 aliphatic rings. The predicted molar refractivity (Wildman–Crippen MR) is 109 cm³/mol. The third kappa shape index (κ3) is 2.66. The average molecular weight is 450 g/mol. The normalized spacial score (nSPS) is 16.1. The summed E-state index contributed by atoms with van der Waals surface area (Å²) < 4.78 is 34.5. The van der Waals surface area contributed by atoms with Gasteiger partial charge >= 0.3 is 0 Å². The van der Waals surface area contributed by atoms with Crippen LogP contribution in [-0.2, 0) is 10.0 Å². The van der Waals surface area contributed by atoms with Crippen LogP contribution in [0, 0.1) is 0 Å². The Morgan fingerprint density at radius 3 is 2.50 bits per heavy atom. The van der Waals surface area contributed by atoms with Crippen LogP contribution in [-0.4, -0.2) is 15.5 Å². The molecule has 1 aromatic heterocycles. The second-order valence-corrected chi connectivity index (χ2v) is 10.3. The molecule has 0 saturated heterocycles. The lowest BCUT2D eigenvalue weighted by Gasteiger charge is -2.35. The Kier molecular flexibility index (Phi) is 4.33. The lowest BCUT2D eigenvalue weighted by atomic mass is 9.96. The Balaban J connectivity index is 1.90. The molecule has 0 spiro atoms. The highest BCUT2D eigenvalue weighted by atomic mass is 79.9. The number of benzene rings is 2. The van der Waals surface area contributed by atoms with Gasteiger partial charge in [0, 0.05) is 0 Å². The fourth-order valence-electron chi connectivity index (χ4n) is 3.31. The van der Waals surface area contributed by atoms with Crippen LogP contribution in [0.2, 0.25) is 0 Å². The highest BCUT2D eigenvalue weighted by Crippen LogP contribution is 2.51. The van der Waals surface area contributed by atoms with Crippen molar-refractivity contribution in [1.82, 2.24) is 0 Å². The minimum Gasteiger partial charge on any atom is -0.497 e. The topological polar surface area (TPSA) is 46.6 Å². The number of hydrogen-bond donors (Lipinski definition) is 0. The zero-order valence-electron chi connectivity index (χ0n) is 14.1. The quantitative estimate of drug-likeness (QED) is 0.533. The third-order valence-electron chi connectivity index (χ3n) is 4.54. The van der Waals surface area contributed by atoms with Crippen molar-refractivity contribution in [3.8, 4) is 16.2 Å². The summed E-state index contributed by atoms with van der Waals surface area (Å²) in [6, 6.07) is 16.1. The molecule has 0 amide bonds. The molecule has 2 aromatic carbocycles. The van der Waals surface area contributed by atoms with E-state index in [-0.39, 0.29) is 10.9 Å². The van der Waals surface area contributed by atoms with Gasteiger partial charge in [-0.2, -0.15) is 0 Å². The standard InChI is InChI=1S/C19H16BrNO3S2/c1-12-15-5-3-4-6-16(15)19-17(11-18(20)25-19)21(12)26(22,23)14-9-7-13(24-2)8-10-14/h3-12H,1-2H3/t12-/m1/s1. The molecule has 0 unspecified atom stereocenters. The van der Waals surface area contributed by atoms with Gasteiger partial charge in [-0.25, -0.2) is 8.42 Å². The van der Waals surface area contributed by atoms with Gasteiger partial charge in [0.25, 0.3) is 10.0 Å². The van der Waals surface area contributed by atoms with E-state index in [0.717, 1.165) is 19.8 Å². The van der Waals surface area contributed by atoms with Gasteiger partial charge in [-0.1, -0.05) is 24.3 Å². The van der Waals surface area contributed by atoms with Gasteiger partial charge < -0.3 is 4.74 Å². The maximum atomic E-state index is 13.5. The molecule has 0 fully saturated rings. The number of rotatable bonds is 3. The molecule has 134 valence electrons. The predicted octanol–water partition coefficient (Wildman–Crippen LogP) is 5.46. The maximum Gasteiger partial charge on any atom is 0.264 e. The molecule has 1 atom stereocenters. The molecule has 0 saturated carbocycles. The smallest absolute Gasteiger partial charge is 0.264 e. The van der Waals surface area contributed by atoms with E-state index in [9.17, 15) is 8.42 Å². The Morgan fingerprint density at radius 2 is 1.81 bits per heavy atom. The Morgan fingerprint density at radius 1 is 1.12 bits per heavy atom. The molecule has 2 heterocycles. The SMILES string of the molecule is COc1ccc(S(=O)(=O)N2c3cc(Br)sc3-c3ccccc3[C@H]2C)cc1. The molecular formula is C19H16BrNO3S2. The number of ether oxygens (including phenoxy) is 1. The van der Waals surface area contributed by atoms with E-state index in [4.69, 9.17) is 4.74 Å². The zero-order chi connectivity index (χ0) is 18.5. The number of methoxy groups -OCH3 is 1. The first-order valence-corrected chi connectivity index (χ1v) is 11.1. The lowest BCUT2D eigenvalue weighted by molar-refractivity contribution is 0.414. The van der Waals surface area contributed by atoms with Gasteiger partial charge in [-0.3, -0.25) is 4.31 Å². The molecule has 26 heavy (non-hydrogen) atoms. The molecule has 1 aliphatic heterocycles. The summed E-state index contributed by atoms with van der Waals surface area (Å²) in [7, 11) is -2.16. The van der Waals surface area contributed by atoms with E-state index in [1.54, 1.807) is 42.7 Å². The molecule has 0 N–H and O–H groups in total. The first-order valence-electron chi connectivity index (χ1n) is 8.00. The zero-order valence-corrected chi connectivity index (χ0v) is 17.4. The van der Waals surface area contributed by atoms with E-state index in [2.05, 4.69) is 15.9 Å². The van der Waals surface area contributed by atoms with Crippen LogP contribution in [0.1, 0.15) is 18.5 Å². The largest absolute Gasteiger partial charge is 0.497 e. The highest BCUT2D eigenvalue weighted by molar-refractivity contribution is 9.11. The molecule has 0 bridgehead atoms. The van der Waals surface area contributed by atoms with E-state index in [1.165, 1.54) is 4.31 Å². The maximum absolute atomic E-state index is 13.5. The number of nitrogens with zero attached hydrogens (tertiary/aromatic N) is 1. The summed E-state index contributed by atoms with van der Waals surface area (Å²) >= 11 is 5.06. The van der Waals surface area contributed by atoms with Crippen LogP contribution in [0.3, 0.4) is 0 Å². The van der Waals surface area contributed by atoms with Crippen molar-refractivity contribution in [3.05, 3.63) is 63.9 Å². The molecule has 7 heteroatoms. The molecule has 0 radical (unpaired) electrons. The lowest BCUT2D eigenvalue weighted by Crippen LogP contribution is -2.35. The van der Waals surface area contributed by atoms with E-state index >= 15 is 0 Å². The number of hydrogen-bond acceptors (Lipinski definition) is 4. The van der Waals surface area contributed by atoms with Crippen molar-refractivity contribution in [2.45, 2.75) is 17.9 Å². The summed E-state index contributed by atoms with van der Waals surface area (Å²) in [5.74, 6) is 0.625. The number of anilines is 1. The van der Waals surface area contributed by atoms with Crippen molar-refractivity contribution in [2.24, 2.45) is 0 Å². The molecule has 3 aromatic rings. The van der Waals surface area contributed by atoms with E-state index in [0.29, 0.717) is 11.4 Å². The summed E-state index contributed by atoms with van der Waals surface area (Å²) in [5.41, 5.74) is 2.81. The van der Waals surface area contributed by atoms with Crippen LogP contribution in [0.5, 0.6) is 5.75 Å². The van der Waals surface area contributed by atoms with Crippen LogP contribution in [0.4, 0.5) is 5.69 Å². The number of halogens is 1. The van der Waals surface area contributed by atoms with Crippen molar-refractivity contribution >= 4 is 43.0 Å². The van der Waals surface area contributed by atoms with Crippen molar-refractivity contribution in [3.63, 3.8) is 0 Å². The second kappa shape index (κ2) is 6.40.